The van der Waals surface area contributed by atoms with E-state index in [4.69, 9.17) is 16.3 Å². The first kappa shape index (κ1) is 13.7. The van der Waals surface area contributed by atoms with Crippen LogP contribution >= 0.6 is 11.6 Å². The fourth-order valence-electron chi connectivity index (χ4n) is 1.14. The summed E-state index contributed by atoms with van der Waals surface area (Å²) in [6, 6.07) is 1.23. The van der Waals surface area contributed by atoms with Gasteiger partial charge in [0.05, 0.1) is 4.92 Å². The molecule has 0 spiro atoms. The summed E-state index contributed by atoms with van der Waals surface area (Å²) in [6.07, 6.45) is 2.18. The summed E-state index contributed by atoms with van der Waals surface area (Å²) in [4.78, 5) is 13.7. The van der Waals surface area contributed by atoms with Crippen LogP contribution in [0.4, 0.5) is 5.69 Å². The lowest BCUT2D eigenvalue weighted by Crippen LogP contribution is -2.21. The molecule has 1 aromatic rings. The van der Waals surface area contributed by atoms with Gasteiger partial charge < -0.3 is 10.1 Å². The van der Waals surface area contributed by atoms with E-state index in [9.17, 15) is 10.1 Å². The van der Waals surface area contributed by atoms with E-state index in [2.05, 4.69) is 17.2 Å². The molecule has 0 bridgehead atoms. The number of pyridine rings is 1. The predicted octanol–water partition coefficient (Wildman–Crippen LogP) is 2.02. The number of ether oxygens (including phenoxy) is 1. The maximum atomic E-state index is 10.5. The van der Waals surface area contributed by atoms with Crippen LogP contribution < -0.4 is 10.1 Å². The molecule has 0 aromatic carbocycles. The molecule has 0 aliphatic rings. The highest BCUT2D eigenvalue weighted by atomic mass is 35.5. The number of nitro groups is 1. The molecule has 0 atom stereocenters. The lowest BCUT2D eigenvalue weighted by molar-refractivity contribution is -0.385. The summed E-state index contributed by atoms with van der Waals surface area (Å²) in [6.45, 7) is 4.10. The van der Waals surface area contributed by atoms with E-state index < -0.39 is 4.92 Å². The third kappa shape index (κ3) is 4.54. The van der Waals surface area contributed by atoms with Gasteiger partial charge >= 0.3 is 0 Å². The van der Waals surface area contributed by atoms with E-state index >= 15 is 0 Å². The van der Waals surface area contributed by atoms with Gasteiger partial charge in [-0.25, -0.2) is 4.98 Å². The first-order valence-electron chi connectivity index (χ1n) is 5.28. The highest BCUT2D eigenvalue weighted by Crippen LogP contribution is 2.25. The Labute approximate surface area is 104 Å². The number of hydrogen-bond donors (Lipinski definition) is 1. The number of rotatable bonds is 7. The fraction of sp³-hybridized carbons (Fsp3) is 0.500. The van der Waals surface area contributed by atoms with E-state index in [0.717, 1.165) is 19.2 Å². The number of nitrogens with zero attached hydrogens (tertiary/aromatic N) is 2. The van der Waals surface area contributed by atoms with Gasteiger partial charge in [0.1, 0.15) is 17.8 Å². The Morgan fingerprint density at radius 3 is 2.94 bits per heavy atom. The average Bonchev–Trinajstić information content (AvgIpc) is 2.30. The second-order valence-corrected chi connectivity index (χ2v) is 3.74. The molecule has 7 heteroatoms. The standard InChI is InChI=1S/C10H14ClN3O3/c1-2-3-12-4-5-17-10-9(11)6-8(7-13-10)14(15)16/h6-7,12H,2-5H2,1H3. The molecule has 1 rings (SSSR count). The van der Waals surface area contributed by atoms with Gasteiger partial charge in [0.25, 0.3) is 5.69 Å². The molecule has 0 saturated carbocycles. The minimum atomic E-state index is -0.550. The van der Waals surface area contributed by atoms with Crippen molar-refractivity contribution in [3.05, 3.63) is 27.4 Å². The second-order valence-electron chi connectivity index (χ2n) is 3.34. The highest BCUT2D eigenvalue weighted by molar-refractivity contribution is 6.32. The lowest BCUT2D eigenvalue weighted by atomic mass is 10.4. The van der Waals surface area contributed by atoms with Gasteiger partial charge in [-0.05, 0) is 13.0 Å². The molecule has 0 aliphatic heterocycles. The van der Waals surface area contributed by atoms with Crippen molar-refractivity contribution in [2.24, 2.45) is 0 Å². The number of halogens is 1. The largest absolute Gasteiger partial charge is 0.475 e. The van der Waals surface area contributed by atoms with Gasteiger partial charge in [0.15, 0.2) is 0 Å². The van der Waals surface area contributed by atoms with Crippen molar-refractivity contribution in [2.75, 3.05) is 19.7 Å². The van der Waals surface area contributed by atoms with Crippen LogP contribution in [0.2, 0.25) is 5.02 Å². The maximum absolute atomic E-state index is 10.5. The zero-order valence-electron chi connectivity index (χ0n) is 9.48. The number of aromatic nitrogens is 1. The molecule has 0 saturated heterocycles. The number of nitrogens with one attached hydrogen (secondary N) is 1. The van der Waals surface area contributed by atoms with Crippen LogP contribution in [0.1, 0.15) is 13.3 Å². The zero-order valence-corrected chi connectivity index (χ0v) is 10.2. The molecule has 1 N–H and O–H groups in total. The molecule has 0 amide bonds. The van der Waals surface area contributed by atoms with Crippen LogP contribution in [0.5, 0.6) is 5.88 Å². The van der Waals surface area contributed by atoms with Crippen molar-refractivity contribution in [2.45, 2.75) is 13.3 Å². The summed E-state index contributed by atoms with van der Waals surface area (Å²) in [5, 5.41) is 13.8. The van der Waals surface area contributed by atoms with Gasteiger partial charge in [-0.3, -0.25) is 10.1 Å². The Morgan fingerprint density at radius 1 is 1.59 bits per heavy atom. The van der Waals surface area contributed by atoms with Gasteiger partial charge in [0.2, 0.25) is 5.88 Å². The molecule has 0 radical (unpaired) electrons. The van der Waals surface area contributed by atoms with Gasteiger partial charge in [-0.2, -0.15) is 0 Å². The summed E-state index contributed by atoms with van der Waals surface area (Å²) >= 11 is 5.80. The molecule has 0 fully saturated rings. The number of hydrogen-bond acceptors (Lipinski definition) is 5. The molecular weight excluding hydrogens is 246 g/mol. The summed E-state index contributed by atoms with van der Waals surface area (Å²) in [5.74, 6) is 0.218. The van der Waals surface area contributed by atoms with Crippen molar-refractivity contribution in [3.63, 3.8) is 0 Å². The van der Waals surface area contributed by atoms with E-state index in [-0.39, 0.29) is 16.6 Å². The Hall–Kier alpha value is -1.40. The SMILES string of the molecule is CCCNCCOc1ncc([N+](=O)[O-])cc1Cl. The van der Waals surface area contributed by atoms with E-state index in [0.29, 0.717) is 13.2 Å². The highest BCUT2D eigenvalue weighted by Gasteiger charge is 2.11. The average molecular weight is 260 g/mol. The monoisotopic (exact) mass is 259 g/mol. The Bertz CT molecular complexity index is 387. The van der Waals surface area contributed by atoms with Crippen LogP contribution in [0.15, 0.2) is 12.3 Å². The van der Waals surface area contributed by atoms with Crippen molar-refractivity contribution in [1.82, 2.24) is 10.3 Å². The molecule has 0 unspecified atom stereocenters. The van der Waals surface area contributed by atoms with Crippen LogP contribution in [-0.4, -0.2) is 29.6 Å². The van der Waals surface area contributed by atoms with Crippen molar-refractivity contribution >= 4 is 17.3 Å². The van der Waals surface area contributed by atoms with E-state index in [1.165, 1.54) is 6.07 Å². The van der Waals surface area contributed by atoms with Crippen LogP contribution in [-0.2, 0) is 0 Å². The van der Waals surface area contributed by atoms with Crippen LogP contribution in [0.3, 0.4) is 0 Å². The van der Waals surface area contributed by atoms with Crippen LogP contribution in [0, 0.1) is 10.1 Å². The topological polar surface area (TPSA) is 77.3 Å². The third-order valence-corrected chi connectivity index (χ3v) is 2.22. The normalized spacial score (nSPS) is 10.2. The van der Waals surface area contributed by atoms with Gasteiger partial charge in [0, 0.05) is 12.6 Å². The zero-order chi connectivity index (χ0) is 12.7. The second kappa shape index (κ2) is 7.03. The van der Waals surface area contributed by atoms with E-state index in [1.54, 1.807) is 0 Å². The Balaban J connectivity index is 2.46. The first-order chi connectivity index (χ1) is 8.15. The minimum absolute atomic E-state index is 0.147. The Morgan fingerprint density at radius 2 is 2.35 bits per heavy atom. The fourth-order valence-corrected chi connectivity index (χ4v) is 1.36. The molecule has 0 aliphatic carbocycles. The molecule has 94 valence electrons. The summed E-state index contributed by atoms with van der Waals surface area (Å²) in [5.41, 5.74) is -0.147. The summed E-state index contributed by atoms with van der Waals surface area (Å²) in [7, 11) is 0. The molecule has 17 heavy (non-hydrogen) atoms. The van der Waals surface area contributed by atoms with Gasteiger partial charge in [-0.15, -0.1) is 0 Å². The molecular formula is C10H14ClN3O3. The van der Waals surface area contributed by atoms with Crippen LogP contribution in [0.25, 0.3) is 0 Å². The predicted molar refractivity (Wildman–Crippen MR) is 64.6 cm³/mol. The molecule has 1 heterocycles. The Kier molecular flexibility index (Phi) is 5.65. The van der Waals surface area contributed by atoms with Gasteiger partial charge in [-0.1, -0.05) is 18.5 Å². The summed E-state index contributed by atoms with van der Waals surface area (Å²) < 4.78 is 5.29. The minimum Gasteiger partial charge on any atom is -0.475 e. The third-order valence-electron chi connectivity index (χ3n) is 1.95. The van der Waals surface area contributed by atoms with Crippen molar-refractivity contribution < 1.29 is 9.66 Å². The maximum Gasteiger partial charge on any atom is 0.289 e. The smallest absolute Gasteiger partial charge is 0.289 e. The quantitative estimate of drug-likeness (QED) is 0.460. The van der Waals surface area contributed by atoms with Crippen molar-refractivity contribution in [3.8, 4) is 5.88 Å². The van der Waals surface area contributed by atoms with E-state index in [1.807, 2.05) is 0 Å². The first-order valence-corrected chi connectivity index (χ1v) is 5.66. The molecule has 1 aromatic heterocycles. The van der Waals surface area contributed by atoms with Crippen molar-refractivity contribution in [1.29, 1.82) is 0 Å². The lowest BCUT2D eigenvalue weighted by Gasteiger charge is -2.07. The molecule has 6 nitrogen and oxygen atoms in total.